The minimum absolute atomic E-state index is 0.0767. The van der Waals surface area contributed by atoms with Gasteiger partial charge in [-0.25, -0.2) is 4.39 Å². The van der Waals surface area contributed by atoms with Crippen molar-refractivity contribution in [3.8, 4) is 0 Å². The van der Waals surface area contributed by atoms with Crippen molar-refractivity contribution in [2.45, 2.75) is 24.8 Å². The van der Waals surface area contributed by atoms with Gasteiger partial charge in [0.1, 0.15) is 5.82 Å². The van der Waals surface area contributed by atoms with E-state index in [1.54, 1.807) is 12.1 Å². The number of rotatable bonds is 2. The summed E-state index contributed by atoms with van der Waals surface area (Å²) in [6.45, 7) is 0.0767. The van der Waals surface area contributed by atoms with E-state index < -0.39 is 5.54 Å². The molecule has 1 unspecified atom stereocenters. The van der Waals surface area contributed by atoms with E-state index >= 15 is 0 Å². The molecule has 1 aliphatic carbocycles. The molecule has 3 N–H and O–H groups in total. The molecule has 3 heteroatoms. The van der Waals surface area contributed by atoms with Crippen molar-refractivity contribution in [1.29, 1.82) is 0 Å². The molecular weight excluding hydrogens is 181 g/mol. The Bertz CT molecular complexity index is 353. The molecule has 0 aromatic heterocycles. The average Bonchev–Trinajstić information content (AvgIpc) is 2.44. The maximum Gasteiger partial charge on any atom is 0.123 e. The summed E-state index contributed by atoms with van der Waals surface area (Å²) >= 11 is 0. The number of hydrogen-bond acceptors (Lipinski definition) is 2. The molecule has 14 heavy (non-hydrogen) atoms. The van der Waals surface area contributed by atoms with E-state index in [1.165, 1.54) is 6.07 Å². The molecule has 0 bridgehead atoms. The van der Waals surface area contributed by atoms with Gasteiger partial charge in [0.05, 0.1) is 0 Å². The van der Waals surface area contributed by atoms with Gasteiger partial charge in [-0.15, -0.1) is 0 Å². The van der Waals surface area contributed by atoms with Crippen molar-refractivity contribution in [3.63, 3.8) is 0 Å². The number of halogens is 1. The lowest BCUT2D eigenvalue weighted by molar-refractivity contribution is 0.238. The second-order valence-corrected chi connectivity index (χ2v) is 3.93. The first-order chi connectivity index (χ1) is 6.65. The molecule has 0 saturated carbocycles. The van der Waals surface area contributed by atoms with E-state index in [4.69, 9.17) is 10.8 Å². The smallest absolute Gasteiger partial charge is 0.123 e. The van der Waals surface area contributed by atoms with E-state index in [-0.39, 0.29) is 12.4 Å². The van der Waals surface area contributed by atoms with E-state index in [9.17, 15) is 4.39 Å². The third-order valence-electron chi connectivity index (χ3n) is 3.00. The van der Waals surface area contributed by atoms with Crippen LogP contribution < -0.4 is 5.73 Å². The fourth-order valence-corrected chi connectivity index (χ4v) is 2.21. The van der Waals surface area contributed by atoms with Crippen LogP contribution in [0.1, 0.15) is 24.0 Å². The summed E-state index contributed by atoms with van der Waals surface area (Å²) in [5.74, 6) is -0.211. The number of benzene rings is 1. The molecule has 2 rings (SSSR count). The maximum atomic E-state index is 12.9. The highest BCUT2D eigenvalue weighted by Crippen LogP contribution is 2.37. The van der Waals surface area contributed by atoms with Crippen LogP contribution in [0, 0.1) is 5.82 Å². The summed E-state index contributed by atoms with van der Waals surface area (Å²) < 4.78 is 12.9. The molecule has 1 aromatic carbocycles. The molecule has 0 amide bonds. The van der Waals surface area contributed by atoms with Gasteiger partial charge in [-0.3, -0.25) is 0 Å². The number of aliphatic hydroxyl groups is 1. The minimum atomic E-state index is -0.447. The zero-order valence-corrected chi connectivity index (χ0v) is 7.96. The minimum Gasteiger partial charge on any atom is -0.396 e. The Balaban J connectivity index is 2.39. The Morgan fingerprint density at radius 1 is 1.50 bits per heavy atom. The van der Waals surface area contributed by atoms with Gasteiger partial charge in [0, 0.05) is 12.1 Å². The summed E-state index contributed by atoms with van der Waals surface area (Å²) in [6, 6.07) is 4.72. The highest BCUT2D eigenvalue weighted by Gasteiger charge is 2.34. The zero-order valence-electron chi connectivity index (χ0n) is 7.96. The number of aryl methyl sites for hydroxylation is 1. The molecule has 0 spiro atoms. The van der Waals surface area contributed by atoms with Crippen molar-refractivity contribution in [2.75, 3.05) is 6.61 Å². The van der Waals surface area contributed by atoms with Crippen molar-refractivity contribution in [1.82, 2.24) is 0 Å². The van der Waals surface area contributed by atoms with E-state index in [0.29, 0.717) is 6.42 Å². The van der Waals surface area contributed by atoms with Crippen LogP contribution in [0.2, 0.25) is 0 Å². The predicted octanol–water partition coefficient (Wildman–Crippen LogP) is 1.31. The molecule has 2 nitrogen and oxygen atoms in total. The summed E-state index contributed by atoms with van der Waals surface area (Å²) in [5, 5.41) is 8.92. The predicted molar refractivity (Wildman–Crippen MR) is 52.3 cm³/mol. The van der Waals surface area contributed by atoms with Gasteiger partial charge >= 0.3 is 0 Å². The zero-order chi connectivity index (χ0) is 10.2. The first-order valence-corrected chi connectivity index (χ1v) is 4.84. The van der Waals surface area contributed by atoms with Crippen LogP contribution in [0.3, 0.4) is 0 Å². The van der Waals surface area contributed by atoms with Crippen molar-refractivity contribution >= 4 is 0 Å². The Hall–Kier alpha value is -0.930. The van der Waals surface area contributed by atoms with Gasteiger partial charge in [0.2, 0.25) is 0 Å². The SMILES string of the molecule is NC1(CCO)CCc2cc(F)ccc21. The Kier molecular flexibility index (Phi) is 2.29. The highest BCUT2D eigenvalue weighted by atomic mass is 19.1. The number of aliphatic hydroxyl groups excluding tert-OH is 1. The first-order valence-electron chi connectivity index (χ1n) is 4.84. The van der Waals surface area contributed by atoms with Crippen molar-refractivity contribution in [2.24, 2.45) is 5.73 Å². The summed E-state index contributed by atoms with van der Waals surface area (Å²) in [5.41, 5.74) is 7.68. The van der Waals surface area contributed by atoms with Gasteiger partial charge in [-0.1, -0.05) is 6.07 Å². The van der Waals surface area contributed by atoms with Gasteiger partial charge < -0.3 is 10.8 Å². The summed E-state index contributed by atoms with van der Waals surface area (Å²) in [7, 11) is 0. The second-order valence-electron chi connectivity index (χ2n) is 3.93. The van der Waals surface area contributed by atoms with Crippen LogP contribution in [-0.2, 0) is 12.0 Å². The highest BCUT2D eigenvalue weighted by molar-refractivity contribution is 5.38. The molecule has 0 aliphatic heterocycles. The molecular formula is C11H14FNO. The molecule has 0 radical (unpaired) electrons. The third-order valence-corrected chi connectivity index (χ3v) is 3.00. The Labute approximate surface area is 82.5 Å². The molecule has 76 valence electrons. The molecule has 1 atom stereocenters. The number of nitrogens with two attached hydrogens (primary N) is 1. The lowest BCUT2D eigenvalue weighted by atomic mass is 9.90. The molecule has 0 saturated heterocycles. The summed E-state index contributed by atoms with van der Waals surface area (Å²) in [6.07, 6.45) is 2.15. The molecule has 0 heterocycles. The molecule has 1 aromatic rings. The van der Waals surface area contributed by atoms with Crippen LogP contribution >= 0.6 is 0 Å². The van der Waals surface area contributed by atoms with Gasteiger partial charge in [0.15, 0.2) is 0 Å². The standard InChI is InChI=1S/C11H14FNO/c12-9-1-2-10-8(7-9)3-4-11(10,13)5-6-14/h1-2,7,14H,3-6,13H2. The van der Waals surface area contributed by atoms with Crippen LogP contribution in [0.15, 0.2) is 18.2 Å². The fourth-order valence-electron chi connectivity index (χ4n) is 2.21. The molecule has 0 fully saturated rings. The lowest BCUT2D eigenvalue weighted by Crippen LogP contribution is -2.35. The van der Waals surface area contributed by atoms with Gasteiger partial charge in [0.25, 0.3) is 0 Å². The van der Waals surface area contributed by atoms with Crippen LogP contribution in [0.4, 0.5) is 4.39 Å². The van der Waals surface area contributed by atoms with Crippen LogP contribution in [-0.4, -0.2) is 11.7 Å². The monoisotopic (exact) mass is 195 g/mol. The lowest BCUT2D eigenvalue weighted by Gasteiger charge is -2.24. The van der Waals surface area contributed by atoms with Crippen molar-refractivity contribution < 1.29 is 9.50 Å². The number of hydrogen-bond donors (Lipinski definition) is 2. The largest absolute Gasteiger partial charge is 0.396 e. The maximum absolute atomic E-state index is 12.9. The van der Waals surface area contributed by atoms with Crippen molar-refractivity contribution in [3.05, 3.63) is 35.1 Å². The van der Waals surface area contributed by atoms with E-state index in [1.807, 2.05) is 0 Å². The quantitative estimate of drug-likeness (QED) is 0.747. The fraction of sp³-hybridized carbons (Fsp3) is 0.455. The van der Waals surface area contributed by atoms with Gasteiger partial charge in [-0.2, -0.15) is 0 Å². The van der Waals surface area contributed by atoms with E-state index in [0.717, 1.165) is 24.0 Å². The third kappa shape index (κ3) is 1.42. The van der Waals surface area contributed by atoms with Gasteiger partial charge in [-0.05, 0) is 42.5 Å². The Morgan fingerprint density at radius 2 is 2.29 bits per heavy atom. The van der Waals surface area contributed by atoms with E-state index in [2.05, 4.69) is 0 Å². The average molecular weight is 195 g/mol. The first kappa shape index (κ1) is 9.62. The van der Waals surface area contributed by atoms with Crippen LogP contribution in [0.25, 0.3) is 0 Å². The Morgan fingerprint density at radius 3 is 3.00 bits per heavy atom. The van der Waals surface area contributed by atoms with Crippen LogP contribution in [0.5, 0.6) is 0 Å². The second kappa shape index (κ2) is 3.33. The topological polar surface area (TPSA) is 46.2 Å². The number of fused-ring (bicyclic) bond motifs is 1. The normalized spacial score (nSPS) is 25.1. The molecule has 1 aliphatic rings. The summed E-state index contributed by atoms with van der Waals surface area (Å²) in [4.78, 5) is 0.